The molecule has 172 valence electrons. The first-order chi connectivity index (χ1) is 15.5. The summed E-state index contributed by atoms with van der Waals surface area (Å²) in [5.41, 5.74) is 1.12. The fraction of sp³-hybridized carbons (Fsp3) is 0.542. The van der Waals surface area contributed by atoms with Gasteiger partial charge in [-0.1, -0.05) is 19.1 Å². The maximum atomic E-state index is 15.3. The smallest absolute Gasteiger partial charge is 0.208 e. The van der Waals surface area contributed by atoms with Crippen molar-refractivity contribution < 1.29 is 18.7 Å². The molecule has 0 N–H and O–H groups in total. The van der Waals surface area contributed by atoms with Gasteiger partial charge in [-0.2, -0.15) is 4.39 Å². The van der Waals surface area contributed by atoms with Crippen LogP contribution in [0.4, 0.5) is 16.0 Å². The minimum Gasteiger partial charge on any atom is -0.489 e. The number of hydrogen-bond donors (Lipinski definition) is 0. The fourth-order valence-corrected chi connectivity index (χ4v) is 4.38. The molecule has 2 fully saturated rings. The molecule has 1 aromatic carbocycles. The highest BCUT2D eigenvalue weighted by Crippen LogP contribution is 2.29. The molecular formula is C24H31FN4O3. The van der Waals surface area contributed by atoms with Crippen molar-refractivity contribution in [2.24, 2.45) is 0 Å². The van der Waals surface area contributed by atoms with E-state index in [0.717, 1.165) is 30.7 Å². The lowest BCUT2D eigenvalue weighted by atomic mass is 9.96. The molecule has 0 amide bonds. The van der Waals surface area contributed by atoms with E-state index in [1.54, 1.807) is 6.92 Å². The summed E-state index contributed by atoms with van der Waals surface area (Å²) < 4.78 is 26.9. The Hall–Kier alpha value is -2.74. The highest BCUT2D eigenvalue weighted by molar-refractivity contribution is 5.76. The van der Waals surface area contributed by atoms with Gasteiger partial charge in [0.25, 0.3) is 0 Å². The minimum atomic E-state index is -0.376. The number of ketones is 1. The van der Waals surface area contributed by atoms with Crippen molar-refractivity contribution in [2.45, 2.75) is 45.1 Å². The molecule has 7 nitrogen and oxygen atoms in total. The molecular weight excluding hydrogens is 411 g/mol. The Morgan fingerprint density at radius 1 is 1.16 bits per heavy atom. The second-order valence-electron chi connectivity index (χ2n) is 8.64. The average Bonchev–Trinajstić information content (AvgIpc) is 3.06. The second-order valence-corrected chi connectivity index (χ2v) is 8.64. The van der Waals surface area contributed by atoms with Gasteiger partial charge in [0.1, 0.15) is 24.0 Å². The Labute approximate surface area is 188 Å². The Bertz CT molecular complexity index is 916. The first-order valence-corrected chi connectivity index (χ1v) is 11.4. The van der Waals surface area contributed by atoms with Gasteiger partial charge in [0.05, 0.1) is 13.2 Å². The van der Waals surface area contributed by atoms with Gasteiger partial charge in [0.2, 0.25) is 5.82 Å². The topological polar surface area (TPSA) is 67.8 Å². The van der Waals surface area contributed by atoms with E-state index in [1.807, 2.05) is 34.1 Å². The monoisotopic (exact) mass is 442 g/mol. The van der Waals surface area contributed by atoms with Crippen LogP contribution in [0.15, 0.2) is 30.6 Å². The molecule has 0 unspecified atom stereocenters. The SMILES string of the molecule is CC(=O)C[C@@H](C)c1ccc(O[C@@H]2CCN(c3ncnc(N4CCCOCC4)c3F)C2)cc1. The fourth-order valence-electron chi connectivity index (χ4n) is 4.38. The molecule has 2 aliphatic rings. The van der Waals surface area contributed by atoms with Crippen molar-refractivity contribution in [3.8, 4) is 5.75 Å². The third-order valence-corrected chi connectivity index (χ3v) is 6.06. The summed E-state index contributed by atoms with van der Waals surface area (Å²) in [7, 11) is 0. The number of aromatic nitrogens is 2. The van der Waals surface area contributed by atoms with E-state index in [2.05, 4.69) is 16.9 Å². The maximum absolute atomic E-state index is 15.3. The van der Waals surface area contributed by atoms with Crippen LogP contribution in [0.1, 0.15) is 44.6 Å². The number of halogens is 1. The van der Waals surface area contributed by atoms with Crippen LogP contribution >= 0.6 is 0 Å². The van der Waals surface area contributed by atoms with Crippen LogP contribution in [-0.2, 0) is 9.53 Å². The van der Waals surface area contributed by atoms with E-state index in [-0.39, 0.29) is 23.6 Å². The van der Waals surface area contributed by atoms with Gasteiger partial charge in [0.15, 0.2) is 11.6 Å². The summed E-state index contributed by atoms with van der Waals surface area (Å²) in [4.78, 5) is 23.7. The van der Waals surface area contributed by atoms with Gasteiger partial charge < -0.3 is 24.1 Å². The molecule has 0 saturated carbocycles. The van der Waals surface area contributed by atoms with Gasteiger partial charge in [0, 0.05) is 39.1 Å². The summed E-state index contributed by atoms with van der Waals surface area (Å²) in [5.74, 6) is 1.46. The number of Topliss-reactive ketones (excluding diaryl/α,β-unsaturated/α-hetero) is 1. The highest BCUT2D eigenvalue weighted by atomic mass is 19.1. The van der Waals surface area contributed by atoms with Crippen molar-refractivity contribution in [2.75, 3.05) is 49.2 Å². The maximum Gasteiger partial charge on any atom is 0.208 e. The van der Waals surface area contributed by atoms with E-state index in [4.69, 9.17) is 9.47 Å². The van der Waals surface area contributed by atoms with Gasteiger partial charge in [-0.05, 0) is 37.0 Å². The first-order valence-electron chi connectivity index (χ1n) is 11.4. The van der Waals surface area contributed by atoms with E-state index >= 15 is 4.39 Å². The second kappa shape index (κ2) is 10.3. The average molecular weight is 443 g/mol. The van der Waals surface area contributed by atoms with E-state index in [0.29, 0.717) is 50.9 Å². The lowest BCUT2D eigenvalue weighted by Crippen LogP contribution is -2.30. The standard InChI is InChI=1S/C24H31FN4O3/c1-17(14-18(2)30)19-4-6-20(7-5-19)32-21-8-10-29(15-21)24-22(25)23(26-16-27-24)28-9-3-12-31-13-11-28/h4-7,16-17,21H,3,8-15H2,1-2H3/t17-,21-/m1/s1. The Morgan fingerprint density at radius 3 is 2.66 bits per heavy atom. The van der Waals surface area contributed by atoms with Gasteiger partial charge in [-0.25, -0.2) is 9.97 Å². The number of carbonyl (C=O) groups excluding carboxylic acids is 1. The van der Waals surface area contributed by atoms with Crippen molar-refractivity contribution in [3.63, 3.8) is 0 Å². The van der Waals surface area contributed by atoms with Crippen molar-refractivity contribution in [3.05, 3.63) is 42.0 Å². The van der Waals surface area contributed by atoms with E-state index < -0.39 is 0 Å². The zero-order valence-electron chi connectivity index (χ0n) is 18.8. The molecule has 0 aliphatic carbocycles. The summed E-state index contributed by atoms with van der Waals surface area (Å²) in [6, 6.07) is 7.91. The Balaban J connectivity index is 1.38. The molecule has 2 atom stereocenters. The van der Waals surface area contributed by atoms with Crippen LogP contribution in [0.3, 0.4) is 0 Å². The Kier molecular flexibility index (Phi) is 7.19. The summed E-state index contributed by atoms with van der Waals surface area (Å²) in [6.07, 6.45) is 3.58. The van der Waals surface area contributed by atoms with E-state index in [9.17, 15) is 4.79 Å². The van der Waals surface area contributed by atoms with Crippen molar-refractivity contribution in [1.82, 2.24) is 9.97 Å². The van der Waals surface area contributed by atoms with Crippen molar-refractivity contribution in [1.29, 1.82) is 0 Å². The molecule has 32 heavy (non-hydrogen) atoms. The molecule has 8 heteroatoms. The van der Waals surface area contributed by atoms with Crippen molar-refractivity contribution >= 4 is 17.4 Å². The number of carbonyl (C=O) groups is 1. The predicted molar refractivity (Wildman–Crippen MR) is 121 cm³/mol. The zero-order chi connectivity index (χ0) is 22.5. The number of anilines is 2. The molecule has 1 aromatic heterocycles. The molecule has 0 radical (unpaired) electrons. The minimum absolute atomic E-state index is 0.0418. The summed E-state index contributed by atoms with van der Waals surface area (Å²) in [5, 5.41) is 0. The van der Waals surface area contributed by atoms with Gasteiger partial charge >= 0.3 is 0 Å². The van der Waals surface area contributed by atoms with Crippen LogP contribution < -0.4 is 14.5 Å². The first kappa shape index (κ1) is 22.5. The van der Waals surface area contributed by atoms with Crippen LogP contribution in [0, 0.1) is 5.82 Å². The molecule has 2 aromatic rings. The highest BCUT2D eigenvalue weighted by Gasteiger charge is 2.29. The van der Waals surface area contributed by atoms with Crippen LogP contribution in [0.5, 0.6) is 5.75 Å². The largest absolute Gasteiger partial charge is 0.489 e. The normalized spacial score (nSPS) is 20.2. The molecule has 3 heterocycles. The number of ether oxygens (including phenoxy) is 2. The van der Waals surface area contributed by atoms with Crippen LogP contribution in [0.25, 0.3) is 0 Å². The number of hydrogen-bond acceptors (Lipinski definition) is 7. The molecule has 4 rings (SSSR count). The third-order valence-electron chi connectivity index (χ3n) is 6.06. The predicted octanol–water partition coefficient (Wildman–Crippen LogP) is 3.58. The zero-order valence-corrected chi connectivity index (χ0v) is 18.8. The number of benzene rings is 1. The van der Waals surface area contributed by atoms with E-state index in [1.165, 1.54) is 6.33 Å². The molecule has 2 saturated heterocycles. The van der Waals surface area contributed by atoms with Gasteiger partial charge in [-0.15, -0.1) is 0 Å². The molecule has 0 bridgehead atoms. The number of rotatable bonds is 7. The summed E-state index contributed by atoms with van der Waals surface area (Å²) >= 11 is 0. The van der Waals surface area contributed by atoms with Crippen LogP contribution in [-0.4, -0.2) is 61.2 Å². The molecule has 2 aliphatic heterocycles. The lowest BCUT2D eigenvalue weighted by Gasteiger charge is -2.24. The molecule has 0 spiro atoms. The van der Waals surface area contributed by atoms with Crippen LogP contribution in [0.2, 0.25) is 0 Å². The Morgan fingerprint density at radius 2 is 1.91 bits per heavy atom. The quantitative estimate of drug-likeness (QED) is 0.649. The number of nitrogens with zero attached hydrogens (tertiary/aromatic N) is 4. The summed E-state index contributed by atoms with van der Waals surface area (Å²) in [6.45, 7) is 7.53. The van der Waals surface area contributed by atoms with Gasteiger partial charge in [-0.3, -0.25) is 0 Å². The third kappa shape index (κ3) is 5.35. The lowest BCUT2D eigenvalue weighted by molar-refractivity contribution is -0.117.